The molecule has 0 aliphatic carbocycles. The molecular weight excluding hydrogens is 368 g/mol. The number of nitro benzene ring substituents is 1. The highest BCUT2D eigenvalue weighted by atomic mass is 79.9. The lowest BCUT2D eigenvalue weighted by atomic mass is 10.0. The molecule has 10 heteroatoms. The number of hydrogen-bond acceptors (Lipinski definition) is 6. The molecule has 0 aliphatic heterocycles. The number of sulfonamides is 1. The summed E-state index contributed by atoms with van der Waals surface area (Å²) in [6.07, 6.45) is 0.112. The number of benzene rings is 1. The van der Waals surface area contributed by atoms with Crippen LogP contribution in [-0.4, -0.2) is 42.3 Å². The number of aliphatic hydroxyl groups excluding tert-OH is 2. The van der Waals surface area contributed by atoms with E-state index in [1.54, 1.807) is 6.92 Å². The van der Waals surface area contributed by atoms with E-state index >= 15 is 0 Å². The maximum atomic E-state index is 12.3. The summed E-state index contributed by atoms with van der Waals surface area (Å²) in [5.41, 5.74) is -2.07. The lowest BCUT2D eigenvalue weighted by Gasteiger charge is -2.29. The van der Waals surface area contributed by atoms with Gasteiger partial charge in [0.05, 0.1) is 23.7 Å². The van der Waals surface area contributed by atoms with Crippen molar-refractivity contribution >= 4 is 31.6 Å². The maximum absolute atomic E-state index is 12.3. The van der Waals surface area contributed by atoms with Crippen LogP contribution in [0.1, 0.15) is 13.3 Å². The molecule has 0 amide bonds. The largest absolute Gasteiger partial charge is 0.394 e. The van der Waals surface area contributed by atoms with Crippen LogP contribution in [0.25, 0.3) is 0 Å². The Balaban J connectivity index is 3.38. The fourth-order valence-corrected chi connectivity index (χ4v) is 3.77. The first-order valence-electron chi connectivity index (χ1n) is 5.91. The number of nitrogens with one attached hydrogen (secondary N) is 1. The van der Waals surface area contributed by atoms with Crippen LogP contribution in [0.5, 0.6) is 0 Å². The van der Waals surface area contributed by atoms with E-state index in [4.69, 9.17) is 0 Å². The second kappa shape index (κ2) is 6.79. The standard InChI is InChI=1S/C11H15BrN2O6S/c1-2-11(6-15,7-16)13-21(19,20)10-5-8(12)3-4-9(10)14(17)18/h3-5,13,15-16H,2,6-7H2,1H3. The van der Waals surface area contributed by atoms with Crippen LogP contribution in [0.4, 0.5) is 5.69 Å². The summed E-state index contributed by atoms with van der Waals surface area (Å²) in [4.78, 5) is 9.60. The number of aliphatic hydroxyl groups is 2. The summed E-state index contributed by atoms with van der Waals surface area (Å²) in [5, 5.41) is 29.5. The molecule has 3 N–H and O–H groups in total. The van der Waals surface area contributed by atoms with E-state index in [0.717, 1.165) is 12.1 Å². The molecule has 0 unspecified atom stereocenters. The molecule has 0 saturated carbocycles. The van der Waals surface area contributed by atoms with Gasteiger partial charge in [0.15, 0.2) is 4.90 Å². The van der Waals surface area contributed by atoms with Gasteiger partial charge in [-0.2, -0.15) is 0 Å². The third-order valence-electron chi connectivity index (χ3n) is 3.04. The summed E-state index contributed by atoms with van der Waals surface area (Å²) in [7, 11) is -4.29. The van der Waals surface area contributed by atoms with Gasteiger partial charge in [-0.05, 0) is 18.6 Å². The van der Waals surface area contributed by atoms with Crippen LogP contribution in [0.3, 0.4) is 0 Å². The molecule has 0 aliphatic rings. The minimum Gasteiger partial charge on any atom is -0.394 e. The molecule has 0 radical (unpaired) electrons. The van der Waals surface area contributed by atoms with Crippen LogP contribution in [0.2, 0.25) is 0 Å². The molecule has 21 heavy (non-hydrogen) atoms. The van der Waals surface area contributed by atoms with E-state index in [2.05, 4.69) is 20.7 Å². The highest BCUT2D eigenvalue weighted by Gasteiger charge is 2.35. The van der Waals surface area contributed by atoms with E-state index in [1.807, 2.05) is 0 Å². The average molecular weight is 383 g/mol. The summed E-state index contributed by atoms with van der Waals surface area (Å²) >= 11 is 3.06. The minimum absolute atomic E-state index is 0.112. The van der Waals surface area contributed by atoms with Gasteiger partial charge in [0.1, 0.15) is 0 Å². The zero-order valence-corrected chi connectivity index (χ0v) is 13.5. The average Bonchev–Trinajstić information content (AvgIpc) is 2.44. The minimum atomic E-state index is -4.29. The number of rotatable bonds is 7. The first-order valence-corrected chi connectivity index (χ1v) is 8.18. The Morgan fingerprint density at radius 3 is 2.38 bits per heavy atom. The van der Waals surface area contributed by atoms with Gasteiger partial charge in [0.2, 0.25) is 10.0 Å². The van der Waals surface area contributed by atoms with Gasteiger partial charge in [0, 0.05) is 10.5 Å². The van der Waals surface area contributed by atoms with Crippen LogP contribution < -0.4 is 4.72 Å². The monoisotopic (exact) mass is 382 g/mol. The van der Waals surface area contributed by atoms with Gasteiger partial charge in [-0.1, -0.05) is 22.9 Å². The molecule has 0 heterocycles. The zero-order chi connectivity index (χ0) is 16.3. The smallest absolute Gasteiger partial charge is 0.289 e. The van der Waals surface area contributed by atoms with Crippen molar-refractivity contribution in [3.8, 4) is 0 Å². The van der Waals surface area contributed by atoms with Crippen molar-refractivity contribution in [3.05, 3.63) is 32.8 Å². The van der Waals surface area contributed by atoms with Crippen LogP contribution in [0.15, 0.2) is 27.6 Å². The summed E-state index contributed by atoms with van der Waals surface area (Å²) in [5.74, 6) is 0. The van der Waals surface area contributed by atoms with Crippen molar-refractivity contribution in [1.82, 2.24) is 4.72 Å². The lowest BCUT2D eigenvalue weighted by molar-refractivity contribution is -0.387. The summed E-state index contributed by atoms with van der Waals surface area (Å²) in [6.45, 7) is 0.298. The highest BCUT2D eigenvalue weighted by molar-refractivity contribution is 9.10. The Labute approximate surface area is 130 Å². The van der Waals surface area contributed by atoms with Crippen LogP contribution in [-0.2, 0) is 10.0 Å². The van der Waals surface area contributed by atoms with Gasteiger partial charge >= 0.3 is 0 Å². The van der Waals surface area contributed by atoms with Gasteiger partial charge in [-0.3, -0.25) is 10.1 Å². The first-order chi connectivity index (χ1) is 9.71. The SMILES string of the molecule is CCC(CO)(CO)NS(=O)(=O)c1cc(Br)ccc1[N+](=O)[O-]. The Morgan fingerprint density at radius 2 is 1.95 bits per heavy atom. The van der Waals surface area contributed by atoms with Gasteiger partial charge < -0.3 is 10.2 Å². The Morgan fingerprint density at radius 1 is 1.38 bits per heavy atom. The Hall–Kier alpha value is -1.07. The quantitative estimate of drug-likeness (QED) is 0.471. The van der Waals surface area contributed by atoms with Crippen molar-refractivity contribution in [1.29, 1.82) is 0 Å². The predicted octanol–water partition coefficient (Wildman–Crippen LogP) is 0.769. The molecule has 0 aromatic heterocycles. The van der Waals surface area contributed by atoms with Crippen molar-refractivity contribution in [2.75, 3.05) is 13.2 Å². The van der Waals surface area contributed by atoms with Gasteiger partial charge in [-0.15, -0.1) is 0 Å². The third kappa shape index (κ3) is 3.98. The normalized spacial score (nSPS) is 12.4. The molecule has 0 spiro atoms. The van der Waals surface area contributed by atoms with Crippen LogP contribution >= 0.6 is 15.9 Å². The Bertz CT molecular complexity index is 621. The van der Waals surface area contributed by atoms with Crippen molar-refractivity contribution in [3.63, 3.8) is 0 Å². The van der Waals surface area contributed by atoms with E-state index in [-0.39, 0.29) is 6.42 Å². The zero-order valence-electron chi connectivity index (χ0n) is 11.1. The van der Waals surface area contributed by atoms with Crippen LogP contribution in [0, 0.1) is 10.1 Å². The fraction of sp³-hybridized carbons (Fsp3) is 0.455. The van der Waals surface area contributed by atoms with Crippen molar-refractivity contribution in [2.24, 2.45) is 0 Å². The first kappa shape index (κ1) is 18.0. The predicted molar refractivity (Wildman–Crippen MR) is 78.3 cm³/mol. The molecule has 1 aromatic rings. The van der Waals surface area contributed by atoms with Gasteiger partial charge in [0.25, 0.3) is 5.69 Å². The lowest BCUT2D eigenvalue weighted by Crippen LogP contribution is -2.53. The van der Waals surface area contributed by atoms with E-state index in [0.29, 0.717) is 4.47 Å². The molecule has 118 valence electrons. The van der Waals surface area contributed by atoms with E-state index in [9.17, 15) is 28.7 Å². The highest BCUT2D eigenvalue weighted by Crippen LogP contribution is 2.28. The second-order valence-corrected chi connectivity index (χ2v) is 6.99. The van der Waals surface area contributed by atoms with E-state index < -0.39 is 44.3 Å². The molecule has 0 bridgehead atoms. The molecule has 0 fully saturated rings. The molecule has 0 saturated heterocycles. The number of nitro groups is 1. The maximum Gasteiger partial charge on any atom is 0.289 e. The van der Waals surface area contributed by atoms with E-state index in [1.165, 1.54) is 6.07 Å². The van der Waals surface area contributed by atoms with Crippen molar-refractivity contribution < 1.29 is 23.6 Å². The molecule has 0 atom stereocenters. The second-order valence-electron chi connectivity index (χ2n) is 4.42. The summed E-state index contributed by atoms with van der Waals surface area (Å²) in [6, 6.07) is 3.50. The topological polar surface area (TPSA) is 130 Å². The Kier molecular flexibility index (Phi) is 5.82. The van der Waals surface area contributed by atoms with Gasteiger partial charge in [-0.25, -0.2) is 13.1 Å². The summed E-state index contributed by atoms with van der Waals surface area (Å²) < 4.78 is 27.2. The van der Waals surface area contributed by atoms with Crippen molar-refractivity contribution in [2.45, 2.75) is 23.8 Å². The molecule has 8 nitrogen and oxygen atoms in total. The molecule has 1 aromatic carbocycles. The number of nitrogens with zero attached hydrogens (tertiary/aromatic N) is 1. The molecule has 1 rings (SSSR count). The molecular formula is C11H15BrN2O6S. The number of halogens is 1. The fourth-order valence-electron chi connectivity index (χ4n) is 1.60. The number of hydrogen-bond donors (Lipinski definition) is 3. The third-order valence-corrected chi connectivity index (χ3v) is 5.14.